The number of anilines is 1. The quantitative estimate of drug-likeness (QED) is 0.150. The highest BCUT2D eigenvalue weighted by molar-refractivity contribution is 5.73. The smallest absolute Gasteiger partial charge is 0.351 e. The molecular formula is C32H35N5O7. The third-order valence-electron chi connectivity index (χ3n) is 7.59. The minimum absolute atomic E-state index is 0.00600. The highest BCUT2D eigenvalue weighted by atomic mass is 16.6. The molecule has 1 aromatic heterocycles. The molecule has 4 aromatic rings. The number of nitrogens with zero attached hydrogens (tertiary/aromatic N) is 2. The van der Waals surface area contributed by atoms with Gasteiger partial charge in [-0.3, -0.25) is 15.4 Å². The summed E-state index contributed by atoms with van der Waals surface area (Å²) in [6, 6.07) is 24.2. The van der Waals surface area contributed by atoms with Crippen molar-refractivity contribution in [1.82, 2.24) is 15.0 Å². The van der Waals surface area contributed by atoms with Crippen LogP contribution < -0.4 is 31.7 Å². The molecule has 1 aliphatic rings. The molecule has 44 heavy (non-hydrogen) atoms. The first-order valence-electron chi connectivity index (χ1n) is 14.0. The Bertz CT molecular complexity index is 1580. The van der Waals surface area contributed by atoms with Crippen LogP contribution in [0.15, 0.2) is 89.9 Å². The summed E-state index contributed by atoms with van der Waals surface area (Å²) in [7, 11) is 3.22. The Morgan fingerprint density at radius 3 is 2.11 bits per heavy atom. The molecule has 5 N–H and O–H groups in total. The first-order valence-corrected chi connectivity index (χ1v) is 14.0. The number of carbonyl (C=O) groups excluding carboxylic acids is 1. The summed E-state index contributed by atoms with van der Waals surface area (Å²) < 4.78 is 25.2. The average molecular weight is 602 g/mol. The third kappa shape index (κ3) is 6.23. The fourth-order valence-electron chi connectivity index (χ4n) is 5.34. The van der Waals surface area contributed by atoms with Crippen molar-refractivity contribution < 1.29 is 28.8 Å². The predicted molar refractivity (Wildman–Crippen MR) is 162 cm³/mol. The van der Waals surface area contributed by atoms with Gasteiger partial charge in [0.25, 0.3) is 0 Å². The number of urea groups is 1. The summed E-state index contributed by atoms with van der Waals surface area (Å²) in [5, 5.41) is 11.1. The van der Waals surface area contributed by atoms with E-state index in [9.17, 15) is 14.7 Å². The highest BCUT2D eigenvalue weighted by Crippen LogP contribution is 2.42. The maximum Gasteiger partial charge on any atom is 0.351 e. The van der Waals surface area contributed by atoms with E-state index in [2.05, 4.69) is 15.8 Å². The molecule has 0 bridgehead atoms. The molecule has 0 radical (unpaired) electrons. The average Bonchev–Trinajstić information content (AvgIpc) is 3.42. The van der Waals surface area contributed by atoms with Crippen molar-refractivity contribution in [2.45, 2.75) is 37.4 Å². The predicted octanol–water partition coefficient (Wildman–Crippen LogP) is 3.22. The van der Waals surface area contributed by atoms with Gasteiger partial charge >= 0.3 is 11.7 Å². The second kappa shape index (κ2) is 13.2. The van der Waals surface area contributed by atoms with Gasteiger partial charge in [0.2, 0.25) is 0 Å². The zero-order valence-electron chi connectivity index (χ0n) is 24.6. The van der Waals surface area contributed by atoms with E-state index in [-0.39, 0.29) is 18.8 Å². The molecule has 12 heteroatoms. The lowest BCUT2D eigenvalue weighted by Gasteiger charge is -2.37. The van der Waals surface area contributed by atoms with Crippen LogP contribution in [0.1, 0.15) is 34.9 Å². The van der Waals surface area contributed by atoms with Gasteiger partial charge in [0.15, 0.2) is 5.82 Å². The van der Waals surface area contributed by atoms with Crippen molar-refractivity contribution >= 4 is 11.8 Å². The van der Waals surface area contributed by atoms with Gasteiger partial charge in [-0.15, -0.1) is 0 Å². The first kappa shape index (κ1) is 30.5. The number of carbonyl (C=O) groups is 1. The van der Waals surface area contributed by atoms with E-state index in [4.69, 9.17) is 24.7 Å². The van der Waals surface area contributed by atoms with Crippen LogP contribution in [-0.4, -0.2) is 53.7 Å². The number of hydrogen-bond acceptors (Lipinski definition) is 9. The van der Waals surface area contributed by atoms with Crippen molar-refractivity contribution in [1.29, 1.82) is 0 Å². The van der Waals surface area contributed by atoms with Crippen LogP contribution in [0.4, 0.5) is 10.6 Å². The fourth-order valence-corrected chi connectivity index (χ4v) is 5.34. The lowest BCUT2D eigenvalue weighted by molar-refractivity contribution is -0.0944. The molecule has 0 spiro atoms. The summed E-state index contributed by atoms with van der Waals surface area (Å²) in [4.78, 5) is 27.9. The van der Waals surface area contributed by atoms with Crippen LogP contribution in [-0.2, 0) is 15.1 Å². The number of methoxy groups -OCH3 is 2. The number of benzene rings is 3. The number of ether oxygens (including phenoxy) is 4. The molecule has 1 saturated heterocycles. The molecule has 3 atom stereocenters. The molecule has 1 aliphatic heterocycles. The van der Waals surface area contributed by atoms with Crippen LogP contribution in [0.3, 0.4) is 0 Å². The van der Waals surface area contributed by atoms with Crippen molar-refractivity contribution in [3.05, 3.63) is 118 Å². The van der Waals surface area contributed by atoms with Gasteiger partial charge in [0.1, 0.15) is 29.4 Å². The molecule has 5 rings (SSSR count). The van der Waals surface area contributed by atoms with Crippen molar-refractivity contribution in [3.63, 3.8) is 0 Å². The third-order valence-corrected chi connectivity index (χ3v) is 7.59. The number of hydrogen-bond donors (Lipinski definition) is 4. The minimum Gasteiger partial charge on any atom is -0.497 e. The van der Waals surface area contributed by atoms with Gasteiger partial charge in [0.05, 0.1) is 26.9 Å². The standard InChI is InChI=1S/C32H35N5O7/c1-20-18-37(31(40)34-29(20)35-36-30(33)39)28-17-26(38)27(44-28)19-43-32(21-7-5-4-6-8-21,22-9-13-24(41-2)14-10-22)23-11-15-25(42-3)16-12-23/h4-16,18,26-28,38H,17,19H2,1-3H3,(H3,33,36,39)(H,34,35,40)/t26-,27+,28+/m0/s1. The summed E-state index contributed by atoms with van der Waals surface area (Å²) in [6.45, 7) is 1.70. The van der Waals surface area contributed by atoms with Crippen LogP contribution in [0.5, 0.6) is 11.5 Å². The van der Waals surface area contributed by atoms with Crippen molar-refractivity contribution in [3.8, 4) is 11.5 Å². The zero-order valence-corrected chi connectivity index (χ0v) is 24.6. The number of nitrogens with two attached hydrogens (primary N) is 1. The Labute approximate surface area is 254 Å². The lowest BCUT2D eigenvalue weighted by atomic mass is 9.80. The monoisotopic (exact) mass is 601 g/mol. The minimum atomic E-state index is -1.10. The molecule has 1 fully saturated rings. The molecule has 0 saturated carbocycles. The van der Waals surface area contributed by atoms with Crippen molar-refractivity contribution in [2.24, 2.45) is 5.73 Å². The number of aliphatic hydroxyl groups excluding tert-OH is 1. The SMILES string of the molecule is COc1ccc(C(OC[C@H]2O[C@@H](n3cc(C)c(NNC(N)=O)nc3=O)C[C@@H]2O)(c2ccccc2)c2ccc(OC)cc2)cc1. The number of amides is 2. The maximum absolute atomic E-state index is 12.9. The van der Waals surface area contributed by atoms with E-state index in [0.717, 1.165) is 16.7 Å². The Morgan fingerprint density at radius 1 is 1.00 bits per heavy atom. The van der Waals surface area contributed by atoms with E-state index in [1.165, 1.54) is 4.57 Å². The Hall–Kier alpha value is -4.91. The van der Waals surface area contributed by atoms with Crippen LogP contribution in [0.2, 0.25) is 0 Å². The van der Waals surface area contributed by atoms with Crippen molar-refractivity contribution in [2.75, 3.05) is 26.3 Å². The van der Waals surface area contributed by atoms with E-state index < -0.39 is 35.8 Å². The van der Waals surface area contributed by atoms with Gasteiger partial charge < -0.3 is 29.8 Å². The molecule has 0 unspecified atom stereocenters. The van der Waals surface area contributed by atoms with E-state index in [1.54, 1.807) is 27.3 Å². The second-order valence-electron chi connectivity index (χ2n) is 10.3. The van der Waals surface area contributed by atoms with Gasteiger partial charge in [-0.2, -0.15) is 4.98 Å². The zero-order chi connectivity index (χ0) is 31.3. The molecule has 0 aliphatic carbocycles. The number of aliphatic hydroxyl groups is 1. The Morgan fingerprint density at radius 2 is 1.57 bits per heavy atom. The number of hydrazine groups is 1. The van der Waals surface area contributed by atoms with Crippen LogP contribution >= 0.6 is 0 Å². The molecular weight excluding hydrogens is 566 g/mol. The van der Waals surface area contributed by atoms with E-state index in [1.807, 2.05) is 78.9 Å². The Kier molecular flexibility index (Phi) is 9.14. The second-order valence-corrected chi connectivity index (χ2v) is 10.3. The molecule has 2 amide bonds. The summed E-state index contributed by atoms with van der Waals surface area (Å²) in [5.41, 5.74) is 11.2. The van der Waals surface area contributed by atoms with Gasteiger partial charge in [-0.25, -0.2) is 9.59 Å². The first-order chi connectivity index (χ1) is 21.2. The lowest BCUT2D eigenvalue weighted by Crippen LogP contribution is -2.38. The summed E-state index contributed by atoms with van der Waals surface area (Å²) in [6.07, 6.45) is -0.791. The molecule has 230 valence electrons. The van der Waals surface area contributed by atoms with E-state index >= 15 is 0 Å². The Balaban J connectivity index is 1.47. The van der Waals surface area contributed by atoms with Gasteiger partial charge in [-0.1, -0.05) is 54.6 Å². The molecule has 2 heterocycles. The normalized spacial score (nSPS) is 18.0. The van der Waals surface area contributed by atoms with E-state index in [0.29, 0.717) is 17.1 Å². The maximum atomic E-state index is 12.9. The summed E-state index contributed by atoms with van der Waals surface area (Å²) in [5.74, 6) is 1.54. The number of primary amides is 1. The molecule has 3 aromatic carbocycles. The highest BCUT2D eigenvalue weighted by Gasteiger charge is 2.42. The number of aromatic nitrogens is 2. The van der Waals surface area contributed by atoms with Crippen LogP contribution in [0.25, 0.3) is 0 Å². The number of aryl methyl sites for hydroxylation is 1. The van der Waals surface area contributed by atoms with Crippen LogP contribution in [0, 0.1) is 6.92 Å². The van der Waals surface area contributed by atoms with Gasteiger partial charge in [-0.05, 0) is 47.9 Å². The fraction of sp³-hybridized carbons (Fsp3) is 0.281. The summed E-state index contributed by atoms with van der Waals surface area (Å²) >= 11 is 0. The molecule has 12 nitrogen and oxygen atoms in total. The number of nitrogens with one attached hydrogen (secondary N) is 2. The van der Waals surface area contributed by atoms with Gasteiger partial charge in [0, 0.05) is 18.2 Å². The topological polar surface area (TPSA) is 159 Å². The number of rotatable bonds is 11. The largest absolute Gasteiger partial charge is 0.497 e.